The lowest BCUT2D eigenvalue weighted by molar-refractivity contribution is -0.117. The summed E-state index contributed by atoms with van der Waals surface area (Å²) in [4.78, 5) is 18.9. The van der Waals surface area contributed by atoms with Gasteiger partial charge in [0, 0.05) is 24.2 Å². The minimum absolute atomic E-state index is 0.0751. The molecule has 2 aromatic carbocycles. The number of amides is 1. The van der Waals surface area contributed by atoms with Gasteiger partial charge in [-0.3, -0.25) is 4.79 Å². The smallest absolute Gasteiger partial charge is 0.232 e. The molecule has 0 radical (unpaired) electrons. The molecule has 1 aromatic heterocycles. The molecule has 1 fully saturated rings. The molecule has 1 aliphatic heterocycles. The minimum atomic E-state index is -0.106. The topological polar surface area (TPSA) is 68.5 Å². The summed E-state index contributed by atoms with van der Waals surface area (Å²) in [7, 11) is 1.62. The second-order valence-corrected chi connectivity index (χ2v) is 6.94. The molecule has 1 atom stereocenters. The van der Waals surface area contributed by atoms with Crippen LogP contribution in [0.2, 0.25) is 0 Å². The van der Waals surface area contributed by atoms with E-state index in [4.69, 9.17) is 9.26 Å². The molecule has 1 unspecified atom stereocenters. The summed E-state index contributed by atoms with van der Waals surface area (Å²) in [5, 5.41) is 4.09. The number of carbonyl (C=O) groups is 1. The number of hydrogen-bond donors (Lipinski definition) is 0. The molecule has 6 heteroatoms. The number of aryl methyl sites for hydroxylation is 2. The van der Waals surface area contributed by atoms with Gasteiger partial charge in [-0.05, 0) is 49.2 Å². The van der Waals surface area contributed by atoms with Gasteiger partial charge in [0.05, 0.1) is 13.0 Å². The number of aromatic nitrogens is 2. The fourth-order valence-electron chi connectivity index (χ4n) is 3.51. The van der Waals surface area contributed by atoms with E-state index in [1.165, 1.54) is 0 Å². The van der Waals surface area contributed by atoms with Crippen molar-refractivity contribution in [1.29, 1.82) is 0 Å². The van der Waals surface area contributed by atoms with Crippen molar-refractivity contribution in [2.75, 3.05) is 18.6 Å². The van der Waals surface area contributed by atoms with Gasteiger partial charge >= 0.3 is 0 Å². The van der Waals surface area contributed by atoms with Crippen LogP contribution in [0.25, 0.3) is 11.4 Å². The number of hydrogen-bond acceptors (Lipinski definition) is 5. The van der Waals surface area contributed by atoms with Crippen molar-refractivity contribution in [3.8, 4) is 17.1 Å². The molecular formula is C21H21N3O3. The van der Waals surface area contributed by atoms with Crippen molar-refractivity contribution in [2.45, 2.75) is 26.2 Å². The lowest BCUT2D eigenvalue weighted by atomic mass is 10.1. The van der Waals surface area contributed by atoms with E-state index in [0.29, 0.717) is 24.7 Å². The third-order valence-electron chi connectivity index (χ3n) is 4.76. The highest BCUT2D eigenvalue weighted by atomic mass is 16.5. The first-order valence-electron chi connectivity index (χ1n) is 8.90. The Bertz CT molecular complexity index is 976. The maximum absolute atomic E-state index is 12.6. The Morgan fingerprint density at radius 1 is 1.15 bits per heavy atom. The van der Waals surface area contributed by atoms with Crippen LogP contribution in [-0.4, -0.2) is 29.7 Å². The number of rotatable bonds is 4. The molecule has 3 aromatic rings. The Morgan fingerprint density at radius 2 is 1.93 bits per heavy atom. The van der Waals surface area contributed by atoms with E-state index in [9.17, 15) is 4.79 Å². The summed E-state index contributed by atoms with van der Waals surface area (Å²) in [6, 6.07) is 13.7. The fraction of sp³-hybridized carbons (Fsp3) is 0.286. The highest BCUT2D eigenvalue weighted by Gasteiger charge is 2.35. The van der Waals surface area contributed by atoms with E-state index in [0.717, 1.165) is 28.1 Å². The molecule has 1 saturated heterocycles. The third kappa shape index (κ3) is 3.43. The summed E-state index contributed by atoms with van der Waals surface area (Å²) in [6.07, 6.45) is 0.368. The van der Waals surface area contributed by atoms with Crippen LogP contribution in [0.3, 0.4) is 0 Å². The first-order valence-corrected chi connectivity index (χ1v) is 8.90. The zero-order valence-corrected chi connectivity index (χ0v) is 15.6. The number of benzene rings is 2. The lowest BCUT2D eigenvalue weighted by Gasteiger charge is -2.17. The van der Waals surface area contributed by atoms with Gasteiger partial charge < -0.3 is 14.2 Å². The summed E-state index contributed by atoms with van der Waals surface area (Å²) < 4.78 is 10.7. The molecule has 1 aliphatic rings. The Labute approximate surface area is 157 Å². The Hall–Kier alpha value is -3.15. The van der Waals surface area contributed by atoms with Crippen LogP contribution in [0.15, 0.2) is 47.0 Å². The first kappa shape index (κ1) is 17.3. The van der Waals surface area contributed by atoms with Gasteiger partial charge in [-0.1, -0.05) is 23.4 Å². The van der Waals surface area contributed by atoms with Crippen molar-refractivity contribution in [1.82, 2.24) is 10.1 Å². The maximum Gasteiger partial charge on any atom is 0.232 e. The number of methoxy groups -OCH3 is 1. The van der Waals surface area contributed by atoms with Crippen LogP contribution in [0.1, 0.15) is 29.4 Å². The zero-order valence-electron chi connectivity index (χ0n) is 15.6. The van der Waals surface area contributed by atoms with Gasteiger partial charge in [-0.2, -0.15) is 4.98 Å². The molecule has 138 valence electrons. The average Bonchev–Trinajstić information content (AvgIpc) is 3.28. The number of carbonyl (C=O) groups excluding carboxylic acids is 1. The average molecular weight is 363 g/mol. The van der Waals surface area contributed by atoms with Crippen molar-refractivity contribution in [3.63, 3.8) is 0 Å². The van der Waals surface area contributed by atoms with Gasteiger partial charge in [0.2, 0.25) is 17.6 Å². The molecule has 2 heterocycles. The van der Waals surface area contributed by atoms with Crippen LogP contribution in [-0.2, 0) is 4.79 Å². The summed E-state index contributed by atoms with van der Waals surface area (Å²) in [6.45, 7) is 4.61. The van der Waals surface area contributed by atoms with E-state index in [2.05, 4.69) is 16.2 Å². The second kappa shape index (κ2) is 6.87. The van der Waals surface area contributed by atoms with E-state index in [-0.39, 0.29) is 11.8 Å². The number of nitrogens with zero attached hydrogens (tertiary/aromatic N) is 3. The van der Waals surface area contributed by atoms with E-state index in [1.807, 2.05) is 50.2 Å². The van der Waals surface area contributed by atoms with Crippen LogP contribution in [0.4, 0.5) is 5.69 Å². The largest absolute Gasteiger partial charge is 0.497 e. The molecule has 0 saturated carbocycles. The molecule has 0 N–H and O–H groups in total. The molecular weight excluding hydrogens is 342 g/mol. The fourth-order valence-corrected chi connectivity index (χ4v) is 3.51. The second-order valence-electron chi connectivity index (χ2n) is 6.94. The van der Waals surface area contributed by atoms with Gasteiger partial charge in [-0.25, -0.2) is 0 Å². The molecule has 0 bridgehead atoms. The predicted molar refractivity (Wildman–Crippen MR) is 102 cm³/mol. The van der Waals surface area contributed by atoms with Crippen molar-refractivity contribution in [2.24, 2.45) is 0 Å². The normalized spacial score (nSPS) is 16.8. The van der Waals surface area contributed by atoms with Gasteiger partial charge in [-0.15, -0.1) is 0 Å². The molecule has 1 amide bonds. The Kier molecular flexibility index (Phi) is 4.39. The summed E-state index contributed by atoms with van der Waals surface area (Å²) >= 11 is 0. The van der Waals surface area contributed by atoms with Crippen molar-refractivity contribution in [3.05, 3.63) is 59.5 Å². The maximum atomic E-state index is 12.6. The van der Waals surface area contributed by atoms with Crippen LogP contribution in [0.5, 0.6) is 5.75 Å². The van der Waals surface area contributed by atoms with Crippen LogP contribution >= 0.6 is 0 Å². The van der Waals surface area contributed by atoms with Gasteiger partial charge in [0.25, 0.3) is 0 Å². The minimum Gasteiger partial charge on any atom is -0.497 e. The summed E-state index contributed by atoms with van der Waals surface area (Å²) in [5.74, 6) is 1.70. The highest BCUT2D eigenvalue weighted by Crippen LogP contribution is 2.33. The number of anilines is 1. The van der Waals surface area contributed by atoms with E-state index in [1.54, 1.807) is 12.0 Å². The summed E-state index contributed by atoms with van der Waals surface area (Å²) in [5.41, 5.74) is 4.02. The first-order chi connectivity index (χ1) is 13.0. The number of ether oxygens (including phenoxy) is 1. The lowest BCUT2D eigenvalue weighted by Crippen LogP contribution is -2.24. The Balaban J connectivity index is 1.57. The molecule has 27 heavy (non-hydrogen) atoms. The van der Waals surface area contributed by atoms with Crippen LogP contribution in [0, 0.1) is 13.8 Å². The van der Waals surface area contributed by atoms with Crippen molar-refractivity contribution >= 4 is 11.6 Å². The van der Waals surface area contributed by atoms with Gasteiger partial charge in [0.15, 0.2) is 0 Å². The quantitative estimate of drug-likeness (QED) is 0.703. The highest BCUT2D eigenvalue weighted by molar-refractivity contribution is 5.96. The van der Waals surface area contributed by atoms with Gasteiger partial charge in [0.1, 0.15) is 5.75 Å². The van der Waals surface area contributed by atoms with E-state index >= 15 is 0 Å². The molecule has 0 aliphatic carbocycles. The predicted octanol–water partition coefficient (Wildman–Crippen LogP) is 3.88. The Morgan fingerprint density at radius 3 is 2.67 bits per heavy atom. The van der Waals surface area contributed by atoms with Crippen molar-refractivity contribution < 1.29 is 14.1 Å². The molecule has 6 nitrogen and oxygen atoms in total. The molecule has 0 spiro atoms. The monoisotopic (exact) mass is 363 g/mol. The van der Waals surface area contributed by atoms with E-state index < -0.39 is 0 Å². The standard InChI is InChI=1S/C21H21N3O3/c1-13-7-14(2)9-17(8-13)24-12-16(11-19(24)25)21-22-20(23-27-21)15-5-4-6-18(10-15)26-3/h4-10,16H,11-12H2,1-3H3. The zero-order chi connectivity index (χ0) is 19.0. The molecule has 4 rings (SSSR count). The SMILES string of the molecule is COc1cccc(-c2noc(C3CC(=O)N(c4cc(C)cc(C)c4)C3)n2)c1. The van der Waals surface area contributed by atoms with Crippen LogP contribution < -0.4 is 9.64 Å². The third-order valence-corrected chi connectivity index (χ3v) is 4.76.